The number of halogens is 1. The van der Waals surface area contributed by atoms with Gasteiger partial charge in [-0.15, -0.1) is 0 Å². The summed E-state index contributed by atoms with van der Waals surface area (Å²) >= 11 is 0. The van der Waals surface area contributed by atoms with Crippen LogP contribution in [0.1, 0.15) is 5.56 Å². The molecule has 2 rings (SSSR count). The minimum Gasteiger partial charge on any atom is -0.389 e. The van der Waals surface area contributed by atoms with E-state index in [0.29, 0.717) is 0 Å². The first-order valence-electron chi connectivity index (χ1n) is 4.61. The number of aliphatic hydroxyl groups is 1. The Bertz CT molecular complexity index is 508. The van der Waals surface area contributed by atoms with Gasteiger partial charge in [0.15, 0.2) is 0 Å². The van der Waals surface area contributed by atoms with Gasteiger partial charge in [-0.1, -0.05) is 12.1 Å². The lowest BCUT2D eigenvalue weighted by Crippen LogP contribution is -1.83. The molecule has 1 aromatic carbocycles. The molecular formula is C12H10FNO. The number of aliphatic hydroxyl groups excluding tert-OH is 1. The number of rotatable bonds is 2. The number of fused-ring (bicyclic) bond motifs is 1. The number of benzene rings is 1. The number of pyridine rings is 1. The smallest absolute Gasteiger partial charge is 0.126 e. The molecule has 1 heterocycles. The van der Waals surface area contributed by atoms with E-state index in [-0.39, 0.29) is 0 Å². The lowest BCUT2D eigenvalue weighted by molar-refractivity contribution is 0.300. The summed E-state index contributed by atoms with van der Waals surface area (Å²) in [6.45, 7) is -0.564. The van der Waals surface area contributed by atoms with Crippen LogP contribution in [-0.4, -0.2) is 16.7 Å². The largest absolute Gasteiger partial charge is 0.389 e. The summed E-state index contributed by atoms with van der Waals surface area (Å²) in [5, 5.41) is 9.51. The third-order valence-electron chi connectivity index (χ3n) is 2.10. The second-order valence-electron chi connectivity index (χ2n) is 3.20. The lowest BCUT2D eigenvalue weighted by Gasteiger charge is -1.98. The third kappa shape index (κ3) is 2.19. The maximum atomic E-state index is 12.8. The lowest BCUT2D eigenvalue weighted by atomic mass is 10.1. The fourth-order valence-electron chi connectivity index (χ4n) is 1.41. The molecule has 2 nitrogen and oxygen atoms in total. The number of hydrogen-bond acceptors (Lipinski definition) is 2. The summed E-state index contributed by atoms with van der Waals surface area (Å²) in [5.41, 5.74) is 1.60. The Morgan fingerprint density at radius 3 is 3.07 bits per heavy atom. The van der Waals surface area contributed by atoms with E-state index in [9.17, 15) is 4.39 Å². The van der Waals surface area contributed by atoms with Crippen molar-refractivity contribution < 1.29 is 9.50 Å². The van der Waals surface area contributed by atoms with Crippen LogP contribution in [-0.2, 0) is 0 Å². The first-order valence-corrected chi connectivity index (χ1v) is 4.61. The highest BCUT2D eigenvalue weighted by molar-refractivity contribution is 5.81. The van der Waals surface area contributed by atoms with Gasteiger partial charge < -0.3 is 5.11 Å². The van der Waals surface area contributed by atoms with Crippen molar-refractivity contribution in [3.8, 4) is 0 Å². The van der Waals surface area contributed by atoms with E-state index in [0.717, 1.165) is 16.5 Å². The van der Waals surface area contributed by atoms with Crippen LogP contribution >= 0.6 is 0 Å². The molecule has 0 radical (unpaired) electrons. The van der Waals surface area contributed by atoms with Gasteiger partial charge in [-0.25, -0.2) is 4.39 Å². The number of hydrogen-bond donors (Lipinski definition) is 1. The van der Waals surface area contributed by atoms with Crippen LogP contribution in [0, 0.1) is 0 Å². The molecule has 0 aliphatic rings. The Hall–Kier alpha value is -1.74. The van der Waals surface area contributed by atoms with Crippen LogP contribution in [0.5, 0.6) is 0 Å². The van der Waals surface area contributed by atoms with Crippen LogP contribution in [0.25, 0.3) is 17.0 Å². The summed E-state index contributed by atoms with van der Waals surface area (Å²) in [4.78, 5) is 4.16. The first kappa shape index (κ1) is 9.80. The first-order chi connectivity index (χ1) is 7.29. The quantitative estimate of drug-likeness (QED) is 0.813. The van der Waals surface area contributed by atoms with E-state index in [1.54, 1.807) is 12.3 Å². The van der Waals surface area contributed by atoms with E-state index in [2.05, 4.69) is 4.98 Å². The van der Waals surface area contributed by atoms with Gasteiger partial charge in [0, 0.05) is 11.6 Å². The molecule has 1 N–H and O–H groups in total. The van der Waals surface area contributed by atoms with E-state index in [1.165, 1.54) is 6.08 Å². The van der Waals surface area contributed by atoms with Crippen LogP contribution in [0.2, 0.25) is 0 Å². The molecular weight excluding hydrogens is 193 g/mol. The van der Waals surface area contributed by atoms with Gasteiger partial charge in [-0.3, -0.25) is 4.98 Å². The van der Waals surface area contributed by atoms with Crippen LogP contribution < -0.4 is 0 Å². The number of nitrogens with zero attached hydrogens (tertiary/aromatic N) is 1. The van der Waals surface area contributed by atoms with Gasteiger partial charge in [-0.05, 0) is 29.8 Å². The molecule has 3 heteroatoms. The average Bonchev–Trinajstić information content (AvgIpc) is 2.29. The van der Waals surface area contributed by atoms with Gasteiger partial charge in [0.2, 0.25) is 0 Å². The van der Waals surface area contributed by atoms with Gasteiger partial charge in [0.05, 0.1) is 12.1 Å². The minimum absolute atomic E-state index is 0.543. The molecule has 0 aliphatic carbocycles. The van der Waals surface area contributed by atoms with Gasteiger partial charge in [0.25, 0.3) is 0 Å². The minimum atomic E-state index is -0.564. The maximum absolute atomic E-state index is 12.8. The topological polar surface area (TPSA) is 33.1 Å². The molecule has 0 unspecified atom stereocenters. The van der Waals surface area contributed by atoms with Crippen molar-refractivity contribution in [3.63, 3.8) is 0 Å². The van der Waals surface area contributed by atoms with Gasteiger partial charge >= 0.3 is 0 Å². The molecule has 0 fully saturated rings. The maximum Gasteiger partial charge on any atom is 0.126 e. The Morgan fingerprint density at radius 1 is 1.40 bits per heavy atom. The molecule has 0 saturated heterocycles. The van der Waals surface area contributed by atoms with Crippen molar-refractivity contribution in [1.82, 2.24) is 4.98 Å². The molecule has 1 aromatic heterocycles. The van der Waals surface area contributed by atoms with Crippen molar-refractivity contribution in [2.24, 2.45) is 0 Å². The molecule has 2 aromatic rings. The molecule has 0 amide bonds. The zero-order valence-corrected chi connectivity index (χ0v) is 8.02. The summed E-state index contributed by atoms with van der Waals surface area (Å²) in [6, 6.07) is 9.17. The summed E-state index contributed by atoms with van der Waals surface area (Å²) in [6.07, 6.45) is 3.03. The van der Waals surface area contributed by atoms with Gasteiger partial charge in [0.1, 0.15) is 5.83 Å². The fraction of sp³-hybridized carbons (Fsp3) is 0.0833. The van der Waals surface area contributed by atoms with Crippen molar-refractivity contribution in [2.75, 3.05) is 6.61 Å². The molecule has 0 atom stereocenters. The molecule has 76 valence electrons. The fourth-order valence-corrected chi connectivity index (χ4v) is 1.41. The summed E-state index contributed by atoms with van der Waals surface area (Å²) in [7, 11) is 0. The zero-order valence-electron chi connectivity index (χ0n) is 8.02. The Labute approximate surface area is 86.7 Å². The predicted octanol–water partition coefficient (Wildman–Crippen LogP) is 2.54. The van der Waals surface area contributed by atoms with Crippen LogP contribution in [0.15, 0.2) is 42.4 Å². The van der Waals surface area contributed by atoms with E-state index in [4.69, 9.17) is 5.11 Å². The predicted molar refractivity (Wildman–Crippen MR) is 57.9 cm³/mol. The Balaban J connectivity index is 2.47. The standard InChI is InChI=1S/C12H10FNO/c13-11(8-15)7-9-3-4-12-10(6-9)2-1-5-14-12/h1-7,15H,8H2/b11-7+. The Morgan fingerprint density at radius 2 is 2.27 bits per heavy atom. The van der Waals surface area contributed by atoms with E-state index in [1.807, 2.05) is 24.3 Å². The van der Waals surface area contributed by atoms with Crippen molar-refractivity contribution in [2.45, 2.75) is 0 Å². The second kappa shape index (κ2) is 4.19. The summed E-state index contributed by atoms with van der Waals surface area (Å²) < 4.78 is 12.8. The van der Waals surface area contributed by atoms with Crippen molar-refractivity contribution in [3.05, 3.63) is 47.9 Å². The van der Waals surface area contributed by atoms with Crippen molar-refractivity contribution in [1.29, 1.82) is 0 Å². The van der Waals surface area contributed by atoms with Crippen LogP contribution in [0.4, 0.5) is 4.39 Å². The molecule has 0 aliphatic heterocycles. The van der Waals surface area contributed by atoms with E-state index < -0.39 is 12.4 Å². The highest BCUT2D eigenvalue weighted by Gasteiger charge is 1.96. The second-order valence-corrected chi connectivity index (χ2v) is 3.20. The molecule has 0 bridgehead atoms. The van der Waals surface area contributed by atoms with Gasteiger partial charge in [-0.2, -0.15) is 0 Å². The van der Waals surface area contributed by atoms with Crippen LogP contribution in [0.3, 0.4) is 0 Å². The Kier molecular flexibility index (Phi) is 2.74. The highest BCUT2D eigenvalue weighted by atomic mass is 19.1. The SMILES string of the molecule is OC/C(F)=C\c1ccc2ncccc2c1. The molecule has 0 saturated carbocycles. The third-order valence-corrected chi connectivity index (χ3v) is 2.10. The van der Waals surface area contributed by atoms with E-state index >= 15 is 0 Å². The monoisotopic (exact) mass is 203 g/mol. The normalized spacial score (nSPS) is 12.0. The van der Waals surface area contributed by atoms with Crippen molar-refractivity contribution >= 4 is 17.0 Å². The average molecular weight is 203 g/mol. The summed E-state index contributed by atoms with van der Waals surface area (Å²) in [5.74, 6) is -0.543. The zero-order chi connectivity index (χ0) is 10.7. The number of aromatic nitrogens is 1. The highest BCUT2D eigenvalue weighted by Crippen LogP contribution is 2.15. The molecule has 0 spiro atoms. The molecule has 15 heavy (non-hydrogen) atoms.